The molecule has 24 heavy (non-hydrogen) atoms. The van der Waals surface area contributed by atoms with Gasteiger partial charge >= 0.3 is 6.18 Å². The van der Waals surface area contributed by atoms with E-state index in [2.05, 4.69) is 20.1 Å². The van der Waals surface area contributed by atoms with E-state index in [1.807, 2.05) is 0 Å². The maximum absolute atomic E-state index is 13.5. The van der Waals surface area contributed by atoms with Gasteiger partial charge in [-0.2, -0.15) is 18.3 Å². The molecule has 2 heterocycles. The number of hydrogen-bond donors (Lipinski definition) is 0. The summed E-state index contributed by atoms with van der Waals surface area (Å²) in [6.45, 7) is 5.62. The SMILES string of the molecule is CCOC(OCC)c1nc(CC)c(-n2cncn2)c(C(F)(F)F)n1. The van der Waals surface area contributed by atoms with Crippen LogP contribution in [0.5, 0.6) is 0 Å². The second-order valence-electron chi connectivity index (χ2n) is 4.66. The first-order chi connectivity index (χ1) is 11.4. The Morgan fingerprint density at radius 1 is 1.12 bits per heavy atom. The molecule has 0 radical (unpaired) electrons. The highest BCUT2D eigenvalue weighted by Crippen LogP contribution is 2.34. The number of ether oxygens (including phenoxy) is 2. The van der Waals surface area contributed by atoms with Crippen LogP contribution in [-0.2, 0) is 22.1 Å². The Morgan fingerprint density at radius 2 is 1.79 bits per heavy atom. The van der Waals surface area contributed by atoms with Crippen LogP contribution >= 0.6 is 0 Å². The van der Waals surface area contributed by atoms with Crippen molar-refractivity contribution in [3.63, 3.8) is 0 Å². The van der Waals surface area contributed by atoms with Crippen molar-refractivity contribution >= 4 is 0 Å². The fourth-order valence-electron chi connectivity index (χ4n) is 2.13. The number of hydrogen-bond acceptors (Lipinski definition) is 6. The van der Waals surface area contributed by atoms with Crippen LogP contribution in [0.15, 0.2) is 12.7 Å². The third-order valence-electron chi connectivity index (χ3n) is 3.07. The minimum absolute atomic E-state index is 0.160. The molecule has 2 rings (SSSR count). The van der Waals surface area contributed by atoms with E-state index in [9.17, 15) is 13.2 Å². The molecule has 0 saturated carbocycles. The van der Waals surface area contributed by atoms with Gasteiger partial charge in [0.1, 0.15) is 18.3 Å². The Labute approximate surface area is 136 Å². The minimum Gasteiger partial charge on any atom is -0.346 e. The Bertz CT molecular complexity index is 655. The normalized spacial score (nSPS) is 12.1. The molecule has 0 atom stereocenters. The topological polar surface area (TPSA) is 75.0 Å². The Balaban J connectivity index is 2.65. The molecule has 0 saturated heterocycles. The largest absolute Gasteiger partial charge is 0.435 e. The Kier molecular flexibility index (Phi) is 5.84. The molecular weight excluding hydrogens is 327 g/mol. The van der Waals surface area contributed by atoms with Crippen LogP contribution in [0.2, 0.25) is 0 Å². The third kappa shape index (κ3) is 3.88. The van der Waals surface area contributed by atoms with Crippen LogP contribution in [0.3, 0.4) is 0 Å². The van der Waals surface area contributed by atoms with Crippen LogP contribution in [0.1, 0.15) is 44.3 Å². The summed E-state index contributed by atoms with van der Waals surface area (Å²) in [6.07, 6.45) is -3.17. The lowest BCUT2D eigenvalue weighted by Crippen LogP contribution is -2.22. The highest BCUT2D eigenvalue weighted by atomic mass is 19.4. The Hall–Kier alpha value is -2.07. The van der Waals surface area contributed by atoms with Gasteiger partial charge in [0.2, 0.25) is 6.29 Å². The lowest BCUT2D eigenvalue weighted by Gasteiger charge is -2.20. The van der Waals surface area contributed by atoms with Gasteiger partial charge in [-0.25, -0.2) is 19.6 Å². The number of alkyl halides is 3. The molecule has 0 spiro atoms. The van der Waals surface area contributed by atoms with E-state index in [0.29, 0.717) is 0 Å². The molecule has 132 valence electrons. The zero-order valence-corrected chi connectivity index (χ0v) is 13.5. The van der Waals surface area contributed by atoms with Crippen molar-refractivity contribution in [3.8, 4) is 5.69 Å². The van der Waals surface area contributed by atoms with E-state index in [-0.39, 0.29) is 36.8 Å². The molecule has 0 aromatic carbocycles. The summed E-state index contributed by atoms with van der Waals surface area (Å²) in [4.78, 5) is 11.6. The highest BCUT2D eigenvalue weighted by Gasteiger charge is 2.39. The van der Waals surface area contributed by atoms with Gasteiger partial charge in [0.25, 0.3) is 0 Å². The summed E-state index contributed by atoms with van der Waals surface area (Å²) in [5, 5.41) is 3.78. The highest BCUT2D eigenvalue weighted by molar-refractivity contribution is 5.42. The van der Waals surface area contributed by atoms with Gasteiger partial charge in [0.15, 0.2) is 11.5 Å². The summed E-state index contributed by atoms with van der Waals surface area (Å²) in [6, 6.07) is 0. The lowest BCUT2D eigenvalue weighted by molar-refractivity contribution is -0.151. The first-order valence-corrected chi connectivity index (χ1v) is 7.48. The maximum Gasteiger partial charge on any atom is 0.435 e. The molecule has 0 aliphatic carbocycles. The van der Waals surface area contributed by atoms with E-state index in [1.165, 1.54) is 6.33 Å². The van der Waals surface area contributed by atoms with Gasteiger partial charge in [-0.1, -0.05) is 6.92 Å². The summed E-state index contributed by atoms with van der Waals surface area (Å²) in [5.41, 5.74) is -1.15. The van der Waals surface area contributed by atoms with E-state index >= 15 is 0 Å². The lowest BCUT2D eigenvalue weighted by atomic mass is 10.2. The van der Waals surface area contributed by atoms with Gasteiger partial charge in [0.05, 0.1) is 5.69 Å². The van der Waals surface area contributed by atoms with Crippen LogP contribution in [0.25, 0.3) is 5.69 Å². The first kappa shape index (κ1) is 18.3. The number of aromatic nitrogens is 5. The van der Waals surface area contributed by atoms with Crippen LogP contribution < -0.4 is 0 Å². The van der Waals surface area contributed by atoms with Gasteiger partial charge in [0, 0.05) is 13.2 Å². The fourth-order valence-corrected chi connectivity index (χ4v) is 2.13. The quantitative estimate of drug-likeness (QED) is 0.718. The van der Waals surface area contributed by atoms with Crippen LogP contribution in [0, 0.1) is 0 Å². The van der Waals surface area contributed by atoms with E-state index in [1.54, 1.807) is 20.8 Å². The molecule has 2 aromatic heterocycles. The summed E-state index contributed by atoms with van der Waals surface area (Å²) in [7, 11) is 0. The predicted molar refractivity (Wildman–Crippen MR) is 77.3 cm³/mol. The van der Waals surface area contributed by atoms with Crippen molar-refractivity contribution < 1.29 is 22.6 Å². The minimum atomic E-state index is -4.69. The molecule has 10 heteroatoms. The summed E-state index contributed by atoms with van der Waals surface area (Å²) < 4.78 is 52.3. The zero-order valence-electron chi connectivity index (χ0n) is 13.5. The second kappa shape index (κ2) is 7.67. The van der Waals surface area contributed by atoms with Crippen molar-refractivity contribution in [2.75, 3.05) is 13.2 Å². The maximum atomic E-state index is 13.5. The monoisotopic (exact) mass is 345 g/mol. The van der Waals surface area contributed by atoms with E-state index < -0.39 is 18.2 Å². The molecule has 0 fully saturated rings. The fraction of sp³-hybridized carbons (Fsp3) is 0.571. The molecule has 7 nitrogen and oxygen atoms in total. The molecule has 0 bridgehead atoms. The van der Waals surface area contributed by atoms with Gasteiger partial charge < -0.3 is 9.47 Å². The second-order valence-corrected chi connectivity index (χ2v) is 4.66. The zero-order chi connectivity index (χ0) is 17.7. The third-order valence-corrected chi connectivity index (χ3v) is 3.07. The molecule has 0 unspecified atom stereocenters. The molecule has 0 amide bonds. The van der Waals surface area contributed by atoms with Gasteiger partial charge in [-0.15, -0.1) is 0 Å². The Morgan fingerprint density at radius 3 is 2.25 bits per heavy atom. The van der Waals surface area contributed by atoms with Gasteiger partial charge in [-0.05, 0) is 20.3 Å². The first-order valence-electron chi connectivity index (χ1n) is 7.48. The summed E-state index contributed by atoms with van der Waals surface area (Å²) >= 11 is 0. The number of nitrogens with zero attached hydrogens (tertiary/aromatic N) is 5. The van der Waals surface area contributed by atoms with Crippen molar-refractivity contribution in [2.45, 2.75) is 39.7 Å². The van der Waals surface area contributed by atoms with E-state index in [0.717, 1.165) is 11.0 Å². The van der Waals surface area contributed by atoms with Crippen molar-refractivity contribution in [1.29, 1.82) is 0 Å². The smallest absolute Gasteiger partial charge is 0.346 e. The van der Waals surface area contributed by atoms with E-state index in [4.69, 9.17) is 9.47 Å². The molecule has 0 aliphatic heterocycles. The standard InChI is InChI=1S/C14H18F3N5O2/c1-4-9-10(22-8-18-7-19-22)11(14(15,16)17)21-12(20-9)13(23-5-2)24-6-3/h7-8,13H,4-6H2,1-3H3. The average molecular weight is 345 g/mol. The number of halogens is 3. The van der Waals surface area contributed by atoms with Crippen molar-refractivity contribution in [3.05, 3.63) is 29.9 Å². The van der Waals surface area contributed by atoms with Crippen LogP contribution in [0.4, 0.5) is 13.2 Å². The van der Waals surface area contributed by atoms with Crippen LogP contribution in [-0.4, -0.2) is 37.9 Å². The number of rotatable bonds is 7. The van der Waals surface area contributed by atoms with Crippen molar-refractivity contribution in [2.24, 2.45) is 0 Å². The average Bonchev–Trinajstić information content (AvgIpc) is 3.06. The molecule has 0 N–H and O–H groups in total. The molecule has 0 aliphatic rings. The summed E-state index contributed by atoms with van der Waals surface area (Å²) in [5.74, 6) is -0.160. The molecular formula is C14H18F3N5O2. The molecule has 2 aromatic rings. The van der Waals surface area contributed by atoms with Gasteiger partial charge in [-0.3, -0.25) is 0 Å². The van der Waals surface area contributed by atoms with Crippen molar-refractivity contribution in [1.82, 2.24) is 24.7 Å². The number of aryl methyl sites for hydroxylation is 1. The predicted octanol–water partition coefficient (Wildman–Crippen LogP) is 2.71.